The molecular formula is C17H17F2N. The number of anilines is 1. The molecule has 0 spiro atoms. The van der Waals surface area contributed by atoms with Gasteiger partial charge in [0.1, 0.15) is 11.6 Å². The van der Waals surface area contributed by atoms with Crippen LogP contribution in [0.2, 0.25) is 0 Å². The van der Waals surface area contributed by atoms with Crippen molar-refractivity contribution < 1.29 is 8.78 Å². The Balaban J connectivity index is 1.82. The maximum absolute atomic E-state index is 14.0. The van der Waals surface area contributed by atoms with Crippen molar-refractivity contribution in [2.45, 2.75) is 32.2 Å². The summed E-state index contributed by atoms with van der Waals surface area (Å²) >= 11 is 0. The van der Waals surface area contributed by atoms with Gasteiger partial charge in [-0.2, -0.15) is 0 Å². The van der Waals surface area contributed by atoms with Crippen LogP contribution < -0.4 is 5.32 Å². The number of hydrogen-bond acceptors (Lipinski definition) is 1. The molecule has 20 heavy (non-hydrogen) atoms. The van der Waals surface area contributed by atoms with Crippen LogP contribution >= 0.6 is 0 Å². The van der Waals surface area contributed by atoms with Crippen molar-refractivity contribution in [3.63, 3.8) is 0 Å². The second-order valence-electron chi connectivity index (χ2n) is 5.40. The first kappa shape index (κ1) is 13.1. The number of benzene rings is 2. The molecule has 1 aliphatic heterocycles. The van der Waals surface area contributed by atoms with Gasteiger partial charge in [-0.05, 0) is 49.4 Å². The molecule has 2 aromatic rings. The van der Waals surface area contributed by atoms with E-state index in [1.807, 2.05) is 18.2 Å². The fourth-order valence-electron chi connectivity index (χ4n) is 2.80. The highest BCUT2D eigenvalue weighted by atomic mass is 19.1. The van der Waals surface area contributed by atoms with Crippen LogP contribution in [0, 0.1) is 18.6 Å². The van der Waals surface area contributed by atoms with Crippen LogP contribution in [0.3, 0.4) is 0 Å². The fourth-order valence-corrected chi connectivity index (χ4v) is 2.80. The maximum atomic E-state index is 14.0. The number of nitrogens with one attached hydrogen (secondary N) is 1. The monoisotopic (exact) mass is 273 g/mol. The molecule has 1 nitrogen and oxygen atoms in total. The number of hydrogen-bond donors (Lipinski definition) is 1. The molecule has 0 radical (unpaired) electrons. The van der Waals surface area contributed by atoms with Gasteiger partial charge in [0.2, 0.25) is 0 Å². The van der Waals surface area contributed by atoms with Crippen molar-refractivity contribution in [3.8, 4) is 0 Å². The van der Waals surface area contributed by atoms with E-state index in [9.17, 15) is 8.78 Å². The average molecular weight is 273 g/mol. The normalized spacial score (nSPS) is 17.4. The lowest BCUT2D eigenvalue weighted by molar-refractivity contribution is 0.526. The summed E-state index contributed by atoms with van der Waals surface area (Å²) in [6.45, 7) is 1.67. The first-order valence-corrected chi connectivity index (χ1v) is 6.93. The quantitative estimate of drug-likeness (QED) is 0.863. The number of fused-ring (bicyclic) bond motifs is 1. The summed E-state index contributed by atoms with van der Waals surface area (Å²) in [5, 5.41) is 3.39. The molecule has 2 aromatic carbocycles. The van der Waals surface area contributed by atoms with Crippen molar-refractivity contribution >= 4 is 5.69 Å². The SMILES string of the molecule is Cc1ccc(F)c(CC2CCc3ccccc3N2)c1F. The molecular weight excluding hydrogens is 256 g/mol. The Morgan fingerprint density at radius 2 is 1.95 bits per heavy atom. The third-order valence-corrected chi connectivity index (χ3v) is 3.97. The zero-order valence-electron chi connectivity index (χ0n) is 11.4. The zero-order valence-corrected chi connectivity index (χ0v) is 11.4. The second kappa shape index (κ2) is 5.23. The zero-order chi connectivity index (χ0) is 14.1. The van der Waals surface area contributed by atoms with Crippen LogP contribution in [0.5, 0.6) is 0 Å². The number of aryl methyl sites for hydroxylation is 2. The number of rotatable bonds is 2. The molecule has 0 saturated carbocycles. The minimum atomic E-state index is -0.450. The summed E-state index contributed by atoms with van der Waals surface area (Å²) < 4.78 is 27.9. The number of halogens is 2. The Morgan fingerprint density at radius 1 is 1.15 bits per heavy atom. The van der Waals surface area contributed by atoms with E-state index in [0.29, 0.717) is 12.0 Å². The van der Waals surface area contributed by atoms with E-state index in [2.05, 4.69) is 11.4 Å². The van der Waals surface area contributed by atoms with Crippen molar-refractivity contribution in [3.05, 3.63) is 64.7 Å². The predicted molar refractivity (Wildman–Crippen MR) is 77.0 cm³/mol. The average Bonchev–Trinajstić information content (AvgIpc) is 2.47. The lowest BCUT2D eigenvalue weighted by atomic mass is 9.93. The fraction of sp³-hybridized carbons (Fsp3) is 0.294. The van der Waals surface area contributed by atoms with E-state index >= 15 is 0 Å². The first-order valence-electron chi connectivity index (χ1n) is 6.93. The molecule has 0 bridgehead atoms. The third-order valence-electron chi connectivity index (χ3n) is 3.97. The highest BCUT2D eigenvalue weighted by Crippen LogP contribution is 2.27. The standard InChI is InChI=1S/C17H17F2N/c1-11-6-9-15(18)14(17(11)19)10-13-8-7-12-4-2-3-5-16(12)20-13/h2-6,9,13,20H,7-8,10H2,1H3. The summed E-state index contributed by atoms with van der Waals surface area (Å²) in [6.07, 6.45) is 2.22. The second-order valence-corrected chi connectivity index (χ2v) is 5.40. The molecule has 0 fully saturated rings. The van der Waals surface area contributed by atoms with Gasteiger partial charge in [-0.1, -0.05) is 24.3 Å². The van der Waals surface area contributed by atoms with Gasteiger partial charge in [0, 0.05) is 17.3 Å². The Bertz CT molecular complexity index is 637. The summed E-state index contributed by atoms with van der Waals surface area (Å²) in [5.74, 6) is -0.862. The summed E-state index contributed by atoms with van der Waals surface area (Å²) in [6, 6.07) is 11.0. The van der Waals surface area contributed by atoms with Crippen molar-refractivity contribution in [1.29, 1.82) is 0 Å². The van der Waals surface area contributed by atoms with Gasteiger partial charge >= 0.3 is 0 Å². The molecule has 1 N–H and O–H groups in total. The van der Waals surface area contributed by atoms with Crippen molar-refractivity contribution in [1.82, 2.24) is 0 Å². The van der Waals surface area contributed by atoms with Crippen LogP contribution in [0.15, 0.2) is 36.4 Å². The van der Waals surface area contributed by atoms with Gasteiger partial charge in [-0.15, -0.1) is 0 Å². The Morgan fingerprint density at radius 3 is 2.80 bits per heavy atom. The summed E-state index contributed by atoms with van der Waals surface area (Å²) in [7, 11) is 0. The predicted octanol–water partition coefficient (Wildman–Crippen LogP) is 4.24. The molecule has 0 amide bonds. The highest BCUT2D eigenvalue weighted by Gasteiger charge is 2.21. The third kappa shape index (κ3) is 2.40. The first-order chi connectivity index (χ1) is 9.65. The molecule has 3 heteroatoms. The van der Waals surface area contributed by atoms with Crippen molar-refractivity contribution in [2.24, 2.45) is 0 Å². The Hall–Kier alpha value is -1.90. The van der Waals surface area contributed by atoms with E-state index in [1.54, 1.807) is 6.92 Å². The maximum Gasteiger partial charge on any atom is 0.132 e. The molecule has 0 aliphatic carbocycles. The largest absolute Gasteiger partial charge is 0.382 e. The molecule has 104 valence electrons. The molecule has 3 rings (SSSR count). The van der Waals surface area contributed by atoms with Crippen LogP contribution in [0.4, 0.5) is 14.5 Å². The molecule has 1 aliphatic rings. The molecule has 1 unspecified atom stereocenters. The van der Waals surface area contributed by atoms with E-state index in [0.717, 1.165) is 18.5 Å². The topological polar surface area (TPSA) is 12.0 Å². The molecule has 1 atom stereocenters. The summed E-state index contributed by atoms with van der Waals surface area (Å²) in [5.41, 5.74) is 3.05. The van der Waals surface area contributed by atoms with Gasteiger partial charge in [-0.25, -0.2) is 8.78 Å². The minimum Gasteiger partial charge on any atom is -0.382 e. The molecule has 0 aromatic heterocycles. The minimum absolute atomic E-state index is 0.0794. The molecule has 1 heterocycles. The highest BCUT2D eigenvalue weighted by molar-refractivity contribution is 5.54. The number of para-hydroxylation sites is 1. The van der Waals surface area contributed by atoms with Crippen molar-refractivity contribution in [2.75, 3.05) is 5.32 Å². The Labute approximate surface area is 117 Å². The van der Waals surface area contributed by atoms with Gasteiger partial charge in [0.05, 0.1) is 0 Å². The van der Waals surface area contributed by atoms with Gasteiger partial charge < -0.3 is 5.32 Å². The van der Waals surface area contributed by atoms with E-state index in [1.165, 1.54) is 17.7 Å². The smallest absolute Gasteiger partial charge is 0.132 e. The van der Waals surface area contributed by atoms with Crippen LogP contribution in [0.25, 0.3) is 0 Å². The van der Waals surface area contributed by atoms with E-state index < -0.39 is 11.6 Å². The molecule has 0 saturated heterocycles. The van der Waals surface area contributed by atoms with Crippen LogP contribution in [-0.4, -0.2) is 6.04 Å². The van der Waals surface area contributed by atoms with Gasteiger partial charge in [0.25, 0.3) is 0 Å². The summed E-state index contributed by atoms with van der Waals surface area (Å²) in [4.78, 5) is 0. The lowest BCUT2D eigenvalue weighted by Gasteiger charge is -2.27. The van der Waals surface area contributed by atoms with E-state index in [4.69, 9.17) is 0 Å². The Kier molecular flexibility index (Phi) is 3.43. The van der Waals surface area contributed by atoms with Crippen LogP contribution in [0.1, 0.15) is 23.1 Å². The van der Waals surface area contributed by atoms with Gasteiger partial charge in [-0.3, -0.25) is 0 Å². The lowest BCUT2D eigenvalue weighted by Crippen LogP contribution is -2.28. The van der Waals surface area contributed by atoms with Crippen LogP contribution in [-0.2, 0) is 12.8 Å². The van der Waals surface area contributed by atoms with Gasteiger partial charge in [0.15, 0.2) is 0 Å². The van der Waals surface area contributed by atoms with E-state index in [-0.39, 0.29) is 11.6 Å².